The van der Waals surface area contributed by atoms with Gasteiger partial charge in [0.15, 0.2) is 0 Å². The van der Waals surface area contributed by atoms with E-state index in [4.69, 9.17) is 10.8 Å². The van der Waals surface area contributed by atoms with Gasteiger partial charge in [-0.05, 0) is 36.1 Å². The van der Waals surface area contributed by atoms with Crippen molar-refractivity contribution in [1.82, 2.24) is 0 Å². The van der Waals surface area contributed by atoms with Crippen molar-refractivity contribution in [3.8, 4) is 11.1 Å². The molecule has 1 saturated carbocycles. The minimum atomic E-state index is -0.233. The van der Waals surface area contributed by atoms with E-state index in [1.54, 1.807) is 12.4 Å². The van der Waals surface area contributed by atoms with Gasteiger partial charge in [-0.3, -0.25) is 4.99 Å². The van der Waals surface area contributed by atoms with Crippen molar-refractivity contribution >= 4 is 12.1 Å². The van der Waals surface area contributed by atoms with Crippen molar-refractivity contribution in [1.29, 1.82) is 0 Å². The number of hydrogen-bond acceptors (Lipinski definition) is 4. The summed E-state index contributed by atoms with van der Waals surface area (Å²) >= 11 is 0. The molecule has 3 aliphatic rings. The Morgan fingerprint density at radius 1 is 0.926 bits per heavy atom. The zero-order valence-electron chi connectivity index (χ0n) is 14.9. The average molecular weight is 357 g/mol. The number of aliphatic hydroxyl groups is 1. The molecule has 3 N–H and O–H groups in total. The lowest BCUT2D eigenvalue weighted by atomic mass is 9.79. The van der Waals surface area contributed by atoms with Gasteiger partial charge in [0.1, 0.15) is 11.9 Å². The third-order valence-electron chi connectivity index (χ3n) is 5.57. The average Bonchev–Trinajstić information content (AvgIpc) is 2.99. The first-order chi connectivity index (χ1) is 13.1. The van der Waals surface area contributed by atoms with Crippen LogP contribution < -0.4 is 5.84 Å². The smallest absolute Gasteiger partial charge is 0.264 e. The van der Waals surface area contributed by atoms with Crippen molar-refractivity contribution in [2.24, 2.45) is 21.7 Å². The first-order valence-electron chi connectivity index (χ1n) is 9.21. The molecule has 5 nitrogen and oxygen atoms in total. The van der Waals surface area contributed by atoms with Crippen molar-refractivity contribution in [2.75, 3.05) is 0 Å². The quantitative estimate of drug-likeness (QED) is 0.653. The predicted molar refractivity (Wildman–Crippen MR) is 106 cm³/mol. The fraction of sp³-hybridized carbons (Fsp3) is 0.182. The van der Waals surface area contributed by atoms with Crippen LogP contribution in [0, 0.1) is 5.92 Å². The molecule has 0 spiro atoms. The summed E-state index contributed by atoms with van der Waals surface area (Å²) in [5.41, 5.74) is 5.19. The Morgan fingerprint density at radius 2 is 1.59 bits per heavy atom. The van der Waals surface area contributed by atoms with Gasteiger partial charge in [0.05, 0.1) is 24.1 Å². The molecule has 0 amide bonds. The Morgan fingerprint density at radius 3 is 2.30 bits per heavy atom. The second-order valence-electron chi connectivity index (χ2n) is 7.33. The molecule has 5 rings (SSSR count). The summed E-state index contributed by atoms with van der Waals surface area (Å²) < 4.78 is 0.0378. The number of nitrogens with two attached hydrogens (primary N) is 1. The Labute approximate surface area is 158 Å². The van der Waals surface area contributed by atoms with Gasteiger partial charge in [-0.1, -0.05) is 42.5 Å². The number of fused-ring (bicyclic) bond motifs is 1. The lowest BCUT2D eigenvalue weighted by Crippen LogP contribution is -2.53. The normalized spacial score (nSPS) is 28.7. The molecule has 0 aromatic heterocycles. The van der Waals surface area contributed by atoms with Crippen LogP contribution in [0.4, 0.5) is 0 Å². The van der Waals surface area contributed by atoms with E-state index in [0.29, 0.717) is 0 Å². The fourth-order valence-electron chi connectivity index (χ4n) is 3.96. The van der Waals surface area contributed by atoms with Gasteiger partial charge in [-0.2, -0.15) is 10.8 Å². The van der Waals surface area contributed by atoms with Gasteiger partial charge in [-0.15, -0.1) is 4.59 Å². The number of quaternary nitrogens is 1. The first kappa shape index (κ1) is 16.3. The summed E-state index contributed by atoms with van der Waals surface area (Å²) in [6.45, 7) is 0. The highest BCUT2D eigenvalue weighted by atomic mass is 16.3. The molecular formula is C22H21N4O+. The second-order valence-corrected chi connectivity index (χ2v) is 7.33. The molecule has 2 aliphatic heterocycles. The summed E-state index contributed by atoms with van der Waals surface area (Å²) in [6.07, 6.45) is 6.62. The van der Waals surface area contributed by atoms with Crippen molar-refractivity contribution in [3.63, 3.8) is 0 Å². The van der Waals surface area contributed by atoms with E-state index in [-0.39, 0.29) is 16.6 Å². The Hall–Kier alpha value is -2.86. The van der Waals surface area contributed by atoms with E-state index in [0.717, 1.165) is 41.2 Å². The molecule has 5 heteroatoms. The zero-order valence-corrected chi connectivity index (χ0v) is 14.9. The van der Waals surface area contributed by atoms with E-state index >= 15 is 0 Å². The van der Waals surface area contributed by atoms with Gasteiger partial charge >= 0.3 is 0 Å². The molecule has 2 heterocycles. The van der Waals surface area contributed by atoms with E-state index < -0.39 is 0 Å². The van der Waals surface area contributed by atoms with Crippen LogP contribution in [0.25, 0.3) is 11.1 Å². The standard InChI is InChI=1S/C22H21N4O/c23-26-11-10-24-14-20(26)21(18-12-19(27)13-18)25-22(26)17-8-6-16(7-9-17)15-4-2-1-3-5-15/h1-11,14,18-19,27H,12-13,23H2/q+1. The molecule has 1 unspecified atom stereocenters. The van der Waals surface area contributed by atoms with Crippen molar-refractivity contribution in [2.45, 2.75) is 18.9 Å². The van der Waals surface area contributed by atoms with Gasteiger partial charge in [0.2, 0.25) is 5.70 Å². The topological polar surface area (TPSA) is 71.0 Å². The molecule has 2 aromatic carbocycles. The van der Waals surface area contributed by atoms with Crippen molar-refractivity contribution < 1.29 is 9.70 Å². The molecule has 27 heavy (non-hydrogen) atoms. The Balaban J connectivity index is 1.52. The van der Waals surface area contributed by atoms with Crippen LogP contribution in [0.15, 0.2) is 88.4 Å². The number of hydrogen-bond donors (Lipinski definition) is 2. The lowest BCUT2D eigenvalue weighted by Gasteiger charge is -2.31. The highest BCUT2D eigenvalue weighted by Gasteiger charge is 2.47. The highest BCUT2D eigenvalue weighted by Crippen LogP contribution is 2.42. The maximum atomic E-state index is 9.71. The van der Waals surface area contributed by atoms with Gasteiger partial charge in [0, 0.05) is 5.92 Å². The van der Waals surface area contributed by atoms with Gasteiger partial charge < -0.3 is 5.11 Å². The Kier molecular flexibility index (Phi) is 3.68. The minimum absolute atomic E-state index is 0.0378. The van der Waals surface area contributed by atoms with E-state index in [9.17, 15) is 5.11 Å². The molecule has 0 bridgehead atoms. The summed E-state index contributed by atoms with van der Waals surface area (Å²) in [7, 11) is 0. The zero-order chi connectivity index (χ0) is 18.4. The molecule has 0 radical (unpaired) electrons. The number of benzene rings is 2. The molecule has 1 aliphatic carbocycles. The van der Waals surface area contributed by atoms with Crippen LogP contribution in [-0.2, 0) is 0 Å². The van der Waals surface area contributed by atoms with E-state index in [1.807, 2.05) is 24.4 Å². The molecule has 0 saturated heterocycles. The van der Waals surface area contributed by atoms with Crippen LogP contribution in [-0.4, -0.2) is 27.9 Å². The lowest BCUT2D eigenvalue weighted by molar-refractivity contribution is -0.750. The summed E-state index contributed by atoms with van der Waals surface area (Å²) in [5.74, 6) is 7.78. The molecule has 2 aromatic rings. The number of allylic oxidation sites excluding steroid dienone is 2. The van der Waals surface area contributed by atoms with Gasteiger partial charge in [-0.25, -0.2) is 0 Å². The highest BCUT2D eigenvalue weighted by molar-refractivity contribution is 6.00. The summed E-state index contributed by atoms with van der Waals surface area (Å²) in [4.78, 5) is 9.19. The molecular weight excluding hydrogens is 336 g/mol. The monoisotopic (exact) mass is 357 g/mol. The largest absolute Gasteiger partial charge is 0.393 e. The third kappa shape index (κ3) is 2.59. The van der Waals surface area contributed by atoms with Crippen LogP contribution >= 0.6 is 0 Å². The molecule has 1 fully saturated rings. The van der Waals surface area contributed by atoms with Crippen LogP contribution in [0.1, 0.15) is 18.4 Å². The van der Waals surface area contributed by atoms with E-state index in [2.05, 4.69) is 41.4 Å². The van der Waals surface area contributed by atoms with Crippen LogP contribution in [0.3, 0.4) is 0 Å². The summed E-state index contributed by atoms with van der Waals surface area (Å²) in [5, 5.41) is 9.71. The first-order valence-corrected chi connectivity index (χ1v) is 9.21. The van der Waals surface area contributed by atoms with Gasteiger partial charge in [0.25, 0.3) is 5.84 Å². The third-order valence-corrected chi connectivity index (χ3v) is 5.57. The fourth-order valence-corrected chi connectivity index (χ4v) is 3.96. The number of nitrogens with zero attached hydrogens (tertiary/aromatic N) is 3. The Bertz CT molecular complexity index is 998. The number of amidine groups is 1. The number of rotatable bonds is 3. The SMILES string of the molecule is N[N+]12C=CN=CC1=C(C1CC(O)C1)N=C2c1ccc(-c2ccccc2)cc1. The number of aliphatic imine (C=N–C) groups is 2. The maximum absolute atomic E-state index is 9.71. The number of aliphatic hydroxyl groups excluding tert-OH is 1. The van der Waals surface area contributed by atoms with E-state index in [1.165, 1.54) is 5.56 Å². The maximum Gasteiger partial charge on any atom is 0.264 e. The van der Waals surface area contributed by atoms with Crippen LogP contribution in [0.5, 0.6) is 0 Å². The predicted octanol–water partition coefficient (Wildman–Crippen LogP) is 3.34. The molecule has 1 atom stereocenters. The van der Waals surface area contributed by atoms with Crippen molar-refractivity contribution in [3.05, 3.63) is 84.0 Å². The summed E-state index contributed by atoms with van der Waals surface area (Å²) in [6, 6.07) is 18.6. The second kappa shape index (κ2) is 6.09. The minimum Gasteiger partial charge on any atom is -0.393 e. The molecule has 134 valence electrons. The van der Waals surface area contributed by atoms with Crippen LogP contribution in [0.2, 0.25) is 0 Å².